The Hall–Kier alpha value is -0.0800. The Balaban J connectivity index is 2.07. The largest absolute Gasteiger partial charge is 0.346 e. The molecule has 12 heavy (non-hydrogen) atoms. The van der Waals surface area contributed by atoms with Crippen LogP contribution in [0, 0.1) is 5.92 Å². The van der Waals surface area contributed by atoms with Crippen molar-refractivity contribution in [3.63, 3.8) is 0 Å². The topological polar surface area (TPSA) is 18.5 Å². The number of rotatable bonds is 0. The van der Waals surface area contributed by atoms with Crippen LogP contribution in [0.3, 0.4) is 0 Å². The number of fused-ring (bicyclic) bond motifs is 1. The molecule has 0 unspecified atom stereocenters. The minimum atomic E-state index is 0.0336. The summed E-state index contributed by atoms with van der Waals surface area (Å²) in [6, 6.07) is 0. The predicted octanol–water partition coefficient (Wildman–Crippen LogP) is 2.33. The molecule has 0 bridgehead atoms. The smallest absolute Gasteiger partial charge is 0.162 e. The first kappa shape index (κ1) is 8.52. The van der Waals surface area contributed by atoms with Crippen molar-refractivity contribution in [2.45, 2.75) is 58.0 Å². The highest BCUT2D eigenvalue weighted by Gasteiger charge is 2.49. The van der Waals surface area contributed by atoms with Gasteiger partial charge in [-0.1, -0.05) is 0 Å². The molecule has 0 amide bonds. The minimum absolute atomic E-state index is 0.0336. The molecule has 0 aromatic rings. The van der Waals surface area contributed by atoms with Crippen molar-refractivity contribution in [2.75, 3.05) is 0 Å². The van der Waals surface area contributed by atoms with Gasteiger partial charge in [-0.05, 0) is 40.5 Å². The van der Waals surface area contributed by atoms with Crippen LogP contribution in [-0.2, 0) is 9.47 Å². The zero-order chi connectivity index (χ0) is 8.98. The van der Waals surface area contributed by atoms with Gasteiger partial charge in [0.2, 0.25) is 0 Å². The van der Waals surface area contributed by atoms with Crippen LogP contribution in [0.4, 0.5) is 0 Å². The van der Waals surface area contributed by atoms with Crippen LogP contribution in [0.15, 0.2) is 0 Å². The average molecular weight is 170 g/mol. The van der Waals surface area contributed by atoms with Gasteiger partial charge in [-0.15, -0.1) is 0 Å². The molecule has 0 aromatic heterocycles. The second-order valence-electron chi connectivity index (χ2n) is 5.29. The summed E-state index contributed by atoms with van der Waals surface area (Å²) in [7, 11) is 0. The van der Waals surface area contributed by atoms with E-state index >= 15 is 0 Å². The van der Waals surface area contributed by atoms with E-state index in [1.54, 1.807) is 0 Å². The number of hydrogen-bond donors (Lipinski definition) is 0. The summed E-state index contributed by atoms with van der Waals surface area (Å²) in [5.41, 5.74) is 0.0671. The van der Waals surface area contributed by atoms with E-state index in [2.05, 4.69) is 27.7 Å². The van der Waals surface area contributed by atoms with Crippen LogP contribution in [-0.4, -0.2) is 17.5 Å². The molecule has 2 heteroatoms. The van der Waals surface area contributed by atoms with Crippen LogP contribution in [0.25, 0.3) is 0 Å². The normalized spacial score (nSPS) is 43.0. The zero-order valence-corrected chi connectivity index (χ0v) is 8.39. The summed E-state index contributed by atoms with van der Waals surface area (Å²) in [6.07, 6.45) is 2.34. The summed E-state index contributed by atoms with van der Waals surface area (Å²) < 4.78 is 11.6. The first-order valence-corrected chi connectivity index (χ1v) is 4.74. The van der Waals surface area contributed by atoms with Crippen molar-refractivity contribution in [3.8, 4) is 0 Å². The molecular formula is C10H18O2. The van der Waals surface area contributed by atoms with Gasteiger partial charge in [-0.25, -0.2) is 0 Å². The summed E-state index contributed by atoms with van der Waals surface area (Å²) in [5, 5.41) is 0. The van der Waals surface area contributed by atoms with Crippen molar-refractivity contribution in [1.29, 1.82) is 0 Å². The summed E-state index contributed by atoms with van der Waals surface area (Å²) in [4.78, 5) is 0. The van der Waals surface area contributed by atoms with Crippen LogP contribution in [0.5, 0.6) is 0 Å². The fraction of sp³-hybridized carbons (Fsp3) is 1.00. The molecule has 0 N–H and O–H groups in total. The van der Waals surface area contributed by atoms with Gasteiger partial charge in [0.1, 0.15) is 0 Å². The van der Waals surface area contributed by atoms with E-state index in [9.17, 15) is 0 Å². The van der Waals surface area contributed by atoms with E-state index in [1.807, 2.05) is 0 Å². The third-order valence-electron chi connectivity index (χ3n) is 2.76. The monoisotopic (exact) mass is 170 g/mol. The van der Waals surface area contributed by atoms with Gasteiger partial charge >= 0.3 is 0 Å². The molecule has 2 aliphatic heterocycles. The highest BCUT2D eigenvalue weighted by molar-refractivity contribution is 4.93. The Bertz CT molecular complexity index is 158. The molecular weight excluding hydrogens is 152 g/mol. The molecule has 0 atom stereocenters. The van der Waals surface area contributed by atoms with Gasteiger partial charge in [0.05, 0.1) is 11.2 Å². The van der Waals surface area contributed by atoms with Crippen LogP contribution < -0.4 is 0 Å². The molecule has 0 saturated carbocycles. The Labute approximate surface area is 74.2 Å². The van der Waals surface area contributed by atoms with Crippen molar-refractivity contribution in [3.05, 3.63) is 0 Å². The van der Waals surface area contributed by atoms with Crippen LogP contribution in [0.1, 0.15) is 40.5 Å². The molecule has 0 radical (unpaired) electrons. The zero-order valence-electron chi connectivity index (χ0n) is 8.39. The molecule has 2 rings (SSSR count). The Morgan fingerprint density at radius 3 is 1.67 bits per heavy atom. The van der Waals surface area contributed by atoms with E-state index in [0.29, 0.717) is 5.92 Å². The first-order valence-electron chi connectivity index (χ1n) is 4.74. The van der Waals surface area contributed by atoms with Crippen LogP contribution in [0.2, 0.25) is 0 Å². The Morgan fingerprint density at radius 1 is 0.917 bits per heavy atom. The Morgan fingerprint density at radius 2 is 1.33 bits per heavy atom. The van der Waals surface area contributed by atoms with Crippen molar-refractivity contribution in [1.82, 2.24) is 0 Å². The first-order chi connectivity index (χ1) is 5.38. The second-order valence-corrected chi connectivity index (χ2v) is 5.29. The van der Waals surface area contributed by atoms with Gasteiger partial charge in [-0.3, -0.25) is 0 Å². The molecule has 2 fully saturated rings. The Kier molecular flexibility index (Phi) is 1.59. The van der Waals surface area contributed by atoms with Gasteiger partial charge in [-0.2, -0.15) is 0 Å². The molecule has 0 aromatic carbocycles. The quantitative estimate of drug-likeness (QED) is 0.555. The lowest BCUT2D eigenvalue weighted by Gasteiger charge is -2.24. The number of ether oxygens (including phenoxy) is 2. The van der Waals surface area contributed by atoms with Crippen molar-refractivity contribution < 1.29 is 9.47 Å². The van der Waals surface area contributed by atoms with E-state index in [1.165, 1.54) is 0 Å². The predicted molar refractivity (Wildman–Crippen MR) is 46.8 cm³/mol. The van der Waals surface area contributed by atoms with E-state index in [-0.39, 0.29) is 17.5 Å². The van der Waals surface area contributed by atoms with Crippen LogP contribution >= 0.6 is 0 Å². The SMILES string of the molecule is CC1(C)CC2CC(C)(C)OC2O1. The molecule has 2 saturated heterocycles. The molecule has 0 aliphatic carbocycles. The molecule has 70 valence electrons. The van der Waals surface area contributed by atoms with Crippen molar-refractivity contribution in [2.24, 2.45) is 5.92 Å². The maximum atomic E-state index is 5.79. The van der Waals surface area contributed by atoms with E-state index in [4.69, 9.17) is 9.47 Å². The standard InChI is InChI=1S/C10H18O2/c1-9(2)5-7-6-10(3,4)12-8(7)11-9/h7-8H,5-6H2,1-4H3. The highest BCUT2D eigenvalue weighted by atomic mass is 16.7. The number of hydrogen-bond acceptors (Lipinski definition) is 2. The lowest BCUT2D eigenvalue weighted by Crippen LogP contribution is -2.26. The fourth-order valence-corrected chi connectivity index (χ4v) is 2.47. The fourth-order valence-electron chi connectivity index (χ4n) is 2.47. The van der Waals surface area contributed by atoms with Gasteiger partial charge < -0.3 is 9.47 Å². The summed E-state index contributed by atoms with van der Waals surface area (Å²) in [6.45, 7) is 8.56. The summed E-state index contributed by atoms with van der Waals surface area (Å²) in [5.74, 6) is 0.620. The summed E-state index contributed by atoms with van der Waals surface area (Å²) >= 11 is 0. The third kappa shape index (κ3) is 1.38. The van der Waals surface area contributed by atoms with E-state index < -0.39 is 0 Å². The maximum absolute atomic E-state index is 5.79. The van der Waals surface area contributed by atoms with Gasteiger partial charge in [0.25, 0.3) is 0 Å². The molecule has 2 aliphatic rings. The van der Waals surface area contributed by atoms with E-state index in [0.717, 1.165) is 12.8 Å². The van der Waals surface area contributed by atoms with Gasteiger partial charge in [0.15, 0.2) is 6.29 Å². The molecule has 2 nitrogen and oxygen atoms in total. The molecule has 2 heterocycles. The maximum Gasteiger partial charge on any atom is 0.162 e. The van der Waals surface area contributed by atoms with Crippen molar-refractivity contribution >= 4 is 0 Å². The third-order valence-corrected chi connectivity index (χ3v) is 2.76. The average Bonchev–Trinajstić information content (AvgIpc) is 2.12. The lowest BCUT2D eigenvalue weighted by atomic mass is 9.90. The minimum Gasteiger partial charge on any atom is -0.346 e. The second kappa shape index (κ2) is 2.24. The van der Waals surface area contributed by atoms with Gasteiger partial charge in [0, 0.05) is 5.92 Å². The molecule has 0 spiro atoms. The highest BCUT2D eigenvalue weighted by Crippen LogP contribution is 2.46. The lowest BCUT2D eigenvalue weighted by molar-refractivity contribution is -0.183.